The van der Waals surface area contributed by atoms with Crippen molar-refractivity contribution in [2.45, 2.75) is 6.42 Å². The van der Waals surface area contributed by atoms with Gasteiger partial charge in [-0.25, -0.2) is 4.98 Å². The molecule has 0 aromatic carbocycles. The molecule has 16 heavy (non-hydrogen) atoms. The third-order valence-corrected chi connectivity index (χ3v) is 2.56. The number of methoxy groups -OCH3 is 1. The number of ether oxygens (including phenoxy) is 1. The van der Waals surface area contributed by atoms with Crippen LogP contribution in [0, 0.1) is 0 Å². The number of rotatable bonds is 7. The Morgan fingerprint density at radius 2 is 2.44 bits per heavy atom. The van der Waals surface area contributed by atoms with E-state index in [2.05, 4.69) is 15.6 Å². The van der Waals surface area contributed by atoms with Crippen LogP contribution in [-0.4, -0.2) is 37.7 Å². The second-order valence-corrected chi connectivity index (χ2v) is 4.15. The molecule has 1 rings (SSSR count). The molecule has 0 saturated heterocycles. The Labute approximate surface area is 98.2 Å². The molecule has 0 atom stereocenters. The first-order valence-corrected chi connectivity index (χ1v) is 5.75. The number of nitrogens with zero attached hydrogens (tertiary/aromatic N) is 1. The summed E-state index contributed by atoms with van der Waals surface area (Å²) in [6, 6.07) is 0. The number of carbonyl (C=O) groups is 1. The first kappa shape index (κ1) is 12.7. The van der Waals surface area contributed by atoms with Gasteiger partial charge in [-0.2, -0.15) is 0 Å². The van der Waals surface area contributed by atoms with E-state index < -0.39 is 0 Å². The van der Waals surface area contributed by atoms with Crippen molar-refractivity contribution in [1.82, 2.24) is 10.3 Å². The smallest absolute Gasteiger partial charge is 0.221 e. The minimum absolute atomic E-state index is 0.00548. The maximum Gasteiger partial charge on any atom is 0.221 e. The summed E-state index contributed by atoms with van der Waals surface area (Å²) in [7, 11) is 1.60. The molecule has 1 heterocycles. The summed E-state index contributed by atoms with van der Waals surface area (Å²) in [5.41, 5.74) is 5.51. The van der Waals surface area contributed by atoms with Crippen molar-refractivity contribution < 1.29 is 9.53 Å². The van der Waals surface area contributed by atoms with Crippen molar-refractivity contribution in [1.29, 1.82) is 0 Å². The highest BCUT2D eigenvalue weighted by molar-refractivity contribution is 7.19. The van der Waals surface area contributed by atoms with Crippen LogP contribution in [-0.2, 0) is 9.53 Å². The van der Waals surface area contributed by atoms with Crippen molar-refractivity contribution in [3.8, 4) is 0 Å². The fraction of sp³-hybridized carbons (Fsp3) is 0.556. The molecule has 0 spiro atoms. The predicted molar refractivity (Wildman–Crippen MR) is 64.5 cm³/mol. The summed E-state index contributed by atoms with van der Waals surface area (Å²) in [5.74, 6) is -0.00548. The molecule has 0 aliphatic rings. The van der Waals surface area contributed by atoms with E-state index in [0.29, 0.717) is 31.1 Å². The fourth-order valence-corrected chi connectivity index (χ4v) is 1.64. The number of nitrogen functional groups attached to an aromatic ring is 1. The summed E-state index contributed by atoms with van der Waals surface area (Å²) in [5, 5.41) is 7.15. The second-order valence-electron chi connectivity index (χ2n) is 3.09. The zero-order chi connectivity index (χ0) is 11.8. The van der Waals surface area contributed by atoms with Crippen molar-refractivity contribution in [2.24, 2.45) is 0 Å². The third kappa shape index (κ3) is 4.94. The summed E-state index contributed by atoms with van der Waals surface area (Å²) < 4.78 is 4.82. The van der Waals surface area contributed by atoms with Crippen molar-refractivity contribution in [2.75, 3.05) is 37.9 Å². The highest BCUT2D eigenvalue weighted by Crippen LogP contribution is 2.18. The lowest BCUT2D eigenvalue weighted by molar-refractivity contribution is -0.121. The Bertz CT molecular complexity index is 329. The molecular formula is C9H16N4O2S. The van der Waals surface area contributed by atoms with Crippen molar-refractivity contribution in [3.63, 3.8) is 0 Å². The third-order valence-electron chi connectivity index (χ3n) is 1.78. The van der Waals surface area contributed by atoms with Gasteiger partial charge in [-0.3, -0.25) is 4.79 Å². The molecule has 0 aliphatic carbocycles. The Hall–Kier alpha value is -1.34. The minimum atomic E-state index is -0.00548. The molecule has 1 amide bonds. The summed E-state index contributed by atoms with van der Waals surface area (Å²) >= 11 is 1.36. The van der Waals surface area contributed by atoms with Crippen LogP contribution in [0.5, 0.6) is 0 Å². The van der Waals surface area contributed by atoms with E-state index in [4.69, 9.17) is 10.5 Å². The number of hydrogen-bond donors (Lipinski definition) is 3. The molecule has 0 bridgehead atoms. The molecule has 0 aliphatic heterocycles. The van der Waals surface area contributed by atoms with Gasteiger partial charge in [0.2, 0.25) is 5.91 Å². The summed E-state index contributed by atoms with van der Waals surface area (Å²) in [6.45, 7) is 1.62. The van der Waals surface area contributed by atoms with Gasteiger partial charge in [0.1, 0.15) is 5.00 Å². The lowest BCUT2D eigenvalue weighted by Gasteiger charge is -2.04. The quantitative estimate of drug-likeness (QED) is 0.600. The van der Waals surface area contributed by atoms with Crippen LogP contribution in [0.25, 0.3) is 0 Å². The molecule has 1 aromatic rings. The molecule has 90 valence electrons. The number of anilines is 2. The van der Waals surface area contributed by atoms with E-state index in [9.17, 15) is 4.79 Å². The standard InChI is InChI=1S/C9H16N4O2S/c1-15-5-4-11-8(14)2-3-12-9-13-6-7(10)16-9/h6H,2-5,10H2,1H3,(H,11,14)(H,12,13). The van der Waals surface area contributed by atoms with Crippen molar-refractivity contribution >= 4 is 27.4 Å². The molecule has 0 saturated carbocycles. The second kappa shape index (κ2) is 7.02. The Morgan fingerprint density at radius 3 is 3.06 bits per heavy atom. The molecule has 1 aromatic heterocycles. The topological polar surface area (TPSA) is 89.3 Å². The Balaban J connectivity index is 2.08. The van der Waals surface area contributed by atoms with E-state index in [1.807, 2.05) is 0 Å². The number of nitrogens with two attached hydrogens (primary N) is 1. The SMILES string of the molecule is COCCNC(=O)CCNc1ncc(N)s1. The summed E-state index contributed by atoms with van der Waals surface area (Å²) in [4.78, 5) is 15.3. The zero-order valence-corrected chi connectivity index (χ0v) is 9.97. The molecule has 0 fully saturated rings. The zero-order valence-electron chi connectivity index (χ0n) is 9.16. The van der Waals surface area contributed by atoms with Crippen LogP contribution < -0.4 is 16.4 Å². The monoisotopic (exact) mass is 244 g/mol. The van der Waals surface area contributed by atoms with Crippen LogP contribution in [0.4, 0.5) is 10.1 Å². The summed E-state index contributed by atoms with van der Waals surface area (Å²) in [6.07, 6.45) is 1.99. The molecular weight excluding hydrogens is 228 g/mol. The van der Waals surface area contributed by atoms with Gasteiger partial charge in [0.25, 0.3) is 0 Å². The van der Waals surface area contributed by atoms with E-state index in [1.54, 1.807) is 13.3 Å². The number of carbonyl (C=O) groups excluding carboxylic acids is 1. The van der Waals surface area contributed by atoms with Gasteiger partial charge in [-0.1, -0.05) is 11.3 Å². The molecule has 6 nitrogen and oxygen atoms in total. The van der Waals surface area contributed by atoms with E-state index in [-0.39, 0.29) is 5.91 Å². The van der Waals surface area contributed by atoms with Gasteiger partial charge < -0.3 is 21.1 Å². The maximum atomic E-state index is 11.3. The van der Waals surface area contributed by atoms with E-state index >= 15 is 0 Å². The molecule has 0 unspecified atom stereocenters. The number of thiazole rings is 1. The normalized spacial score (nSPS) is 10.1. The van der Waals surface area contributed by atoms with Gasteiger partial charge in [0, 0.05) is 26.6 Å². The number of aromatic nitrogens is 1. The van der Waals surface area contributed by atoms with Crippen LogP contribution in [0.1, 0.15) is 6.42 Å². The highest BCUT2D eigenvalue weighted by Gasteiger charge is 2.01. The van der Waals surface area contributed by atoms with Gasteiger partial charge in [-0.15, -0.1) is 0 Å². The van der Waals surface area contributed by atoms with Crippen LogP contribution in [0.3, 0.4) is 0 Å². The fourth-order valence-electron chi connectivity index (χ4n) is 1.03. The Kier molecular flexibility index (Phi) is 5.58. The van der Waals surface area contributed by atoms with E-state index in [0.717, 1.165) is 5.13 Å². The number of nitrogens with one attached hydrogen (secondary N) is 2. The molecule has 7 heteroatoms. The average molecular weight is 244 g/mol. The van der Waals surface area contributed by atoms with E-state index in [1.165, 1.54) is 11.3 Å². The molecule has 0 radical (unpaired) electrons. The predicted octanol–water partition coefficient (Wildman–Crippen LogP) is 0.290. The van der Waals surface area contributed by atoms with Gasteiger partial charge >= 0.3 is 0 Å². The maximum absolute atomic E-state index is 11.3. The first-order valence-electron chi connectivity index (χ1n) is 4.93. The van der Waals surface area contributed by atoms with Gasteiger partial charge in [0.15, 0.2) is 5.13 Å². The first-order chi connectivity index (χ1) is 7.72. The van der Waals surface area contributed by atoms with Gasteiger partial charge in [-0.05, 0) is 0 Å². The number of amides is 1. The highest BCUT2D eigenvalue weighted by atomic mass is 32.1. The lowest BCUT2D eigenvalue weighted by Crippen LogP contribution is -2.28. The van der Waals surface area contributed by atoms with Gasteiger partial charge in [0.05, 0.1) is 12.8 Å². The van der Waals surface area contributed by atoms with Crippen LogP contribution in [0.2, 0.25) is 0 Å². The average Bonchev–Trinajstić information content (AvgIpc) is 2.65. The lowest BCUT2D eigenvalue weighted by atomic mass is 10.4. The number of hydrogen-bond acceptors (Lipinski definition) is 6. The largest absolute Gasteiger partial charge is 0.389 e. The van der Waals surface area contributed by atoms with Crippen LogP contribution >= 0.6 is 11.3 Å². The van der Waals surface area contributed by atoms with Crippen molar-refractivity contribution in [3.05, 3.63) is 6.20 Å². The Morgan fingerprint density at radius 1 is 1.62 bits per heavy atom. The minimum Gasteiger partial charge on any atom is -0.389 e. The van der Waals surface area contributed by atoms with Crippen LogP contribution in [0.15, 0.2) is 6.20 Å². The molecule has 4 N–H and O–H groups in total.